The Morgan fingerprint density at radius 1 is 0.963 bits per heavy atom. The first-order chi connectivity index (χ1) is 12.8. The van der Waals surface area contributed by atoms with Crippen molar-refractivity contribution in [2.75, 3.05) is 20.8 Å². The number of benzene rings is 2. The molecule has 1 N–H and O–H groups in total. The van der Waals surface area contributed by atoms with Crippen molar-refractivity contribution in [3.63, 3.8) is 0 Å². The van der Waals surface area contributed by atoms with Crippen LogP contribution < -0.4 is 14.8 Å². The van der Waals surface area contributed by atoms with Gasteiger partial charge in [0.15, 0.2) is 6.61 Å². The van der Waals surface area contributed by atoms with Gasteiger partial charge in [-0.3, -0.25) is 4.79 Å². The Bertz CT molecular complexity index is 809. The molecule has 27 heavy (non-hydrogen) atoms. The summed E-state index contributed by atoms with van der Waals surface area (Å²) in [6.45, 7) is 5.58. The average molecular weight is 371 g/mol. The lowest BCUT2D eigenvalue weighted by Crippen LogP contribution is -2.31. The quantitative estimate of drug-likeness (QED) is 0.756. The van der Waals surface area contributed by atoms with E-state index in [4.69, 9.17) is 14.2 Å². The second kappa shape index (κ2) is 9.07. The van der Waals surface area contributed by atoms with E-state index >= 15 is 0 Å². The fraction of sp³-hybridized carbons (Fsp3) is 0.333. The van der Waals surface area contributed by atoms with E-state index in [9.17, 15) is 9.59 Å². The predicted molar refractivity (Wildman–Crippen MR) is 102 cm³/mol. The molecule has 0 saturated heterocycles. The third-order valence-corrected chi connectivity index (χ3v) is 4.33. The fourth-order valence-electron chi connectivity index (χ4n) is 2.54. The van der Waals surface area contributed by atoms with Crippen molar-refractivity contribution in [1.29, 1.82) is 0 Å². The van der Waals surface area contributed by atoms with E-state index in [-0.39, 0.29) is 24.1 Å². The Morgan fingerprint density at radius 2 is 1.59 bits per heavy atom. The van der Waals surface area contributed by atoms with Crippen LogP contribution in [0, 0.1) is 13.8 Å². The molecule has 144 valence electrons. The number of hydrogen-bond donors (Lipinski definition) is 1. The summed E-state index contributed by atoms with van der Waals surface area (Å²) in [5.74, 6) is -0.0617. The van der Waals surface area contributed by atoms with Crippen molar-refractivity contribution < 1.29 is 23.8 Å². The zero-order valence-corrected chi connectivity index (χ0v) is 16.3. The molecule has 0 unspecified atom stereocenters. The van der Waals surface area contributed by atoms with Gasteiger partial charge in [-0.2, -0.15) is 0 Å². The topological polar surface area (TPSA) is 73.9 Å². The number of hydrogen-bond acceptors (Lipinski definition) is 5. The van der Waals surface area contributed by atoms with Crippen LogP contribution in [0.4, 0.5) is 0 Å². The lowest BCUT2D eigenvalue weighted by Gasteiger charge is -2.16. The summed E-state index contributed by atoms with van der Waals surface area (Å²) in [5.41, 5.74) is 3.60. The van der Waals surface area contributed by atoms with E-state index in [0.717, 1.165) is 11.1 Å². The third-order valence-electron chi connectivity index (χ3n) is 4.33. The molecular formula is C21H25NO5. The van der Waals surface area contributed by atoms with Crippen molar-refractivity contribution in [1.82, 2.24) is 5.32 Å². The van der Waals surface area contributed by atoms with Crippen LogP contribution >= 0.6 is 0 Å². The summed E-state index contributed by atoms with van der Waals surface area (Å²) in [6.07, 6.45) is 0. The number of carbonyl (C=O) groups excluding carboxylic acids is 2. The van der Waals surface area contributed by atoms with Crippen LogP contribution in [0.25, 0.3) is 0 Å². The number of esters is 1. The summed E-state index contributed by atoms with van der Waals surface area (Å²) < 4.78 is 15.4. The number of aryl methyl sites for hydroxylation is 2. The van der Waals surface area contributed by atoms with Crippen LogP contribution in [0.2, 0.25) is 0 Å². The van der Waals surface area contributed by atoms with Gasteiger partial charge >= 0.3 is 5.97 Å². The van der Waals surface area contributed by atoms with E-state index in [1.54, 1.807) is 6.07 Å². The molecule has 6 heteroatoms. The highest BCUT2D eigenvalue weighted by molar-refractivity contribution is 5.92. The first kappa shape index (κ1) is 20.3. The molecule has 0 heterocycles. The third kappa shape index (κ3) is 5.48. The highest BCUT2D eigenvalue weighted by atomic mass is 16.5. The Kier molecular flexibility index (Phi) is 6.82. The lowest BCUT2D eigenvalue weighted by atomic mass is 10.0. The van der Waals surface area contributed by atoms with Crippen LogP contribution in [0.3, 0.4) is 0 Å². The largest absolute Gasteiger partial charge is 0.497 e. The monoisotopic (exact) mass is 371 g/mol. The molecule has 0 aliphatic carbocycles. The van der Waals surface area contributed by atoms with Gasteiger partial charge in [0, 0.05) is 6.07 Å². The predicted octanol–water partition coefficient (Wildman–Crippen LogP) is 3.35. The minimum atomic E-state index is -0.624. The van der Waals surface area contributed by atoms with Crippen molar-refractivity contribution in [3.8, 4) is 11.5 Å². The molecule has 0 saturated carbocycles. The highest BCUT2D eigenvalue weighted by Gasteiger charge is 2.15. The molecule has 2 aromatic carbocycles. The van der Waals surface area contributed by atoms with Crippen molar-refractivity contribution in [3.05, 3.63) is 58.7 Å². The maximum absolute atomic E-state index is 12.2. The molecule has 2 rings (SSSR count). The van der Waals surface area contributed by atoms with Gasteiger partial charge in [0.05, 0.1) is 25.8 Å². The van der Waals surface area contributed by atoms with Gasteiger partial charge in [0.1, 0.15) is 11.5 Å². The molecule has 0 bridgehead atoms. The van der Waals surface area contributed by atoms with Crippen LogP contribution in [0.1, 0.15) is 40.0 Å². The Hall–Kier alpha value is -3.02. The second-order valence-electron chi connectivity index (χ2n) is 6.31. The first-order valence-electron chi connectivity index (χ1n) is 8.60. The molecule has 0 fully saturated rings. The molecule has 0 radical (unpaired) electrons. The zero-order chi connectivity index (χ0) is 20.0. The number of ether oxygens (including phenoxy) is 3. The van der Waals surface area contributed by atoms with Crippen LogP contribution in [-0.2, 0) is 9.53 Å². The second-order valence-corrected chi connectivity index (χ2v) is 6.31. The smallest absolute Gasteiger partial charge is 0.338 e. The van der Waals surface area contributed by atoms with Crippen LogP contribution in [-0.4, -0.2) is 32.7 Å². The van der Waals surface area contributed by atoms with Crippen molar-refractivity contribution in [2.24, 2.45) is 0 Å². The summed E-state index contributed by atoms with van der Waals surface area (Å²) in [4.78, 5) is 24.3. The van der Waals surface area contributed by atoms with Gasteiger partial charge in [-0.25, -0.2) is 4.79 Å². The maximum atomic E-state index is 12.2. The summed E-state index contributed by atoms with van der Waals surface area (Å²) in [6, 6.07) is 10.5. The first-order valence-corrected chi connectivity index (χ1v) is 8.60. The number of methoxy groups -OCH3 is 2. The van der Waals surface area contributed by atoms with Crippen molar-refractivity contribution >= 4 is 11.9 Å². The van der Waals surface area contributed by atoms with Gasteiger partial charge in [0.25, 0.3) is 5.91 Å². The Labute approximate surface area is 159 Å². The average Bonchev–Trinajstić information content (AvgIpc) is 2.67. The fourth-order valence-corrected chi connectivity index (χ4v) is 2.54. The van der Waals surface area contributed by atoms with Gasteiger partial charge in [0.2, 0.25) is 0 Å². The SMILES string of the molecule is COc1cc(OC)cc(C(=O)OCC(=O)N[C@H](C)c2ccc(C)c(C)c2)c1. The lowest BCUT2D eigenvalue weighted by molar-refractivity contribution is -0.124. The molecule has 6 nitrogen and oxygen atoms in total. The standard InChI is InChI=1S/C21H25NO5/c1-13-6-7-16(8-14(13)2)15(3)22-20(23)12-27-21(24)17-9-18(25-4)11-19(10-17)26-5/h6-11,15H,12H2,1-5H3,(H,22,23)/t15-/m1/s1. The van der Waals surface area contributed by atoms with E-state index in [0.29, 0.717) is 11.5 Å². The van der Waals surface area contributed by atoms with E-state index in [1.807, 2.05) is 39.0 Å². The molecule has 0 aliphatic heterocycles. The number of nitrogens with one attached hydrogen (secondary N) is 1. The molecule has 0 spiro atoms. The molecule has 0 aliphatic rings. The summed E-state index contributed by atoms with van der Waals surface area (Å²) in [5, 5.41) is 2.83. The minimum absolute atomic E-state index is 0.188. The molecule has 1 atom stereocenters. The number of carbonyl (C=O) groups is 2. The van der Waals surface area contributed by atoms with Crippen molar-refractivity contribution in [2.45, 2.75) is 26.8 Å². The van der Waals surface area contributed by atoms with Gasteiger partial charge in [-0.05, 0) is 49.6 Å². The summed E-state index contributed by atoms with van der Waals surface area (Å²) in [7, 11) is 2.98. The van der Waals surface area contributed by atoms with Gasteiger partial charge in [-0.1, -0.05) is 18.2 Å². The maximum Gasteiger partial charge on any atom is 0.338 e. The van der Waals surface area contributed by atoms with Crippen LogP contribution in [0.5, 0.6) is 11.5 Å². The molecule has 2 aromatic rings. The van der Waals surface area contributed by atoms with E-state index in [2.05, 4.69) is 5.32 Å². The Balaban J connectivity index is 1.94. The minimum Gasteiger partial charge on any atom is -0.497 e. The van der Waals surface area contributed by atoms with Crippen LogP contribution in [0.15, 0.2) is 36.4 Å². The summed E-state index contributed by atoms with van der Waals surface area (Å²) >= 11 is 0. The van der Waals surface area contributed by atoms with Gasteiger partial charge < -0.3 is 19.5 Å². The Morgan fingerprint density at radius 3 is 2.15 bits per heavy atom. The van der Waals surface area contributed by atoms with E-state index in [1.165, 1.54) is 31.9 Å². The zero-order valence-electron chi connectivity index (χ0n) is 16.3. The number of rotatable bonds is 7. The van der Waals surface area contributed by atoms with Gasteiger partial charge in [-0.15, -0.1) is 0 Å². The highest BCUT2D eigenvalue weighted by Crippen LogP contribution is 2.23. The molecule has 0 aromatic heterocycles. The molecule has 1 amide bonds. The normalized spacial score (nSPS) is 11.4. The van der Waals surface area contributed by atoms with E-state index < -0.39 is 5.97 Å². The molecular weight excluding hydrogens is 346 g/mol. The number of amides is 1.